The van der Waals surface area contributed by atoms with Gasteiger partial charge in [-0.05, 0) is 51.4 Å². The summed E-state index contributed by atoms with van der Waals surface area (Å²) >= 11 is 0. The molecule has 1 N–H and O–H groups in total. The number of hydrogen-bond donors (Lipinski definition) is 1. The molecule has 1 unspecified atom stereocenters. The molecule has 0 aromatic heterocycles. The predicted molar refractivity (Wildman–Crippen MR) is 115 cm³/mol. The fourth-order valence-electron chi connectivity index (χ4n) is 3.13. The van der Waals surface area contributed by atoms with E-state index in [0.29, 0.717) is 0 Å². The lowest BCUT2D eigenvalue weighted by atomic mass is 9.97. The minimum absolute atomic E-state index is 0.762. The summed E-state index contributed by atoms with van der Waals surface area (Å²) in [5.74, 6) is 11.3. The van der Waals surface area contributed by atoms with E-state index >= 15 is 0 Å². The zero-order valence-electron chi connectivity index (χ0n) is 15.3. The van der Waals surface area contributed by atoms with Crippen LogP contribution in [-0.4, -0.2) is 5.11 Å². The van der Waals surface area contributed by atoms with Crippen molar-refractivity contribution in [1.82, 2.24) is 0 Å². The number of aliphatic hydroxyl groups excluding tert-OH is 1. The van der Waals surface area contributed by atoms with Crippen molar-refractivity contribution in [3.63, 3.8) is 0 Å². The zero-order chi connectivity index (χ0) is 19.2. The molecule has 0 heterocycles. The zero-order valence-corrected chi connectivity index (χ0v) is 15.3. The van der Waals surface area contributed by atoms with Gasteiger partial charge in [0.1, 0.15) is 6.10 Å². The molecule has 0 aliphatic carbocycles. The van der Waals surface area contributed by atoms with Crippen LogP contribution < -0.4 is 0 Å². The van der Waals surface area contributed by atoms with Gasteiger partial charge < -0.3 is 5.11 Å². The lowest BCUT2D eigenvalue weighted by Crippen LogP contribution is -1.93. The van der Waals surface area contributed by atoms with Gasteiger partial charge in [-0.25, -0.2) is 0 Å². The SMILES string of the molecule is OC(C#CC#Cc1ccccc1)c1ccc(-c2cccc3ccccc23)cc1. The molecule has 0 saturated heterocycles. The standard InChI is InChI=1S/C27H18O/c28-27(16-7-4-11-21-9-2-1-3-10-21)24-19-17-23(18-20-24)26-15-8-13-22-12-5-6-14-25(22)26/h1-3,5-6,8-10,12-15,17-20,27-28H. The third-order valence-corrected chi connectivity index (χ3v) is 4.58. The molecule has 1 heteroatoms. The van der Waals surface area contributed by atoms with E-state index in [1.807, 2.05) is 60.7 Å². The van der Waals surface area contributed by atoms with Crippen LogP contribution in [0.5, 0.6) is 0 Å². The fourth-order valence-corrected chi connectivity index (χ4v) is 3.13. The normalized spacial score (nSPS) is 11.0. The van der Waals surface area contributed by atoms with Crippen molar-refractivity contribution in [2.75, 3.05) is 0 Å². The van der Waals surface area contributed by atoms with Crippen LogP contribution in [0.3, 0.4) is 0 Å². The topological polar surface area (TPSA) is 20.2 Å². The average Bonchev–Trinajstić information content (AvgIpc) is 2.77. The first-order valence-electron chi connectivity index (χ1n) is 9.14. The van der Waals surface area contributed by atoms with Crippen LogP contribution in [0.2, 0.25) is 0 Å². The van der Waals surface area contributed by atoms with Crippen LogP contribution in [-0.2, 0) is 0 Å². The Hall–Kier alpha value is -3.78. The molecule has 0 radical (unpaired) electrons. The Morgan fingerprint density at radius 2 is 1.36 bits per heavy atom. The summed E-state index contributed by atoms with van der Waals surface area (Å²) in [5, 5.41) is 12.7. The van der Waals surface area contributed by atoms with Crippen LogP contribution in [0, 0.1) is 23.7 Å². The molecule has 132 valence electrons. The lowest BCUT2D eigenvalue weighted by Gasteiger charge is -2.09. The highest BCUT2D eigenvalue weighted by molar-refractivity contribution is 5.96. The molecule has 28 heavy (non-hydrogen) atoms. The molecule has 4 aromatic carbocycles. The van der Waals surface area contributed by atoms with Gasteiger partial charge in [0, 0.05) is 5.56 Å². The van der Waals surface area contributed by atoms with E-state index < -0.39 is 6.10 Å². The maximum Gasteiger partial charge on any atom is 0.141 e. The van der Waals surface area contributed by atoms with E-state index in [9.17, 15) is 5.11 Å². The van der Waals surface area contributed by atoms with Crippen molar-refractivity contribution in [3.05, 3.63) is 108 Å². The van der Waals surface area contributed by atoms with Crippen LogP contribution in [0.15, 0.2) is 97.1 Å². The highest BCUT2D eigenvalue weighted by Gasteiger charge is 2.06. The molecule has 4 aromatic rings. The monoisotopic (exact) mass is 358 g/mol. The van der Waals surface area contributed by atoms with Gasteiger partial charge in [-0.1, -0.05) is 96.8 Å². The predicted octanol–water partition coefficient (Wildman–Crippen LogP) is 5.60. The molecule has 1 nitrogen and oxygen atoms in total. The number of aliphatic hydroxyl groups is 1. The molecule has 0 saturated carbocycles. The van der Waals surface area contributed by atoms with Gasteiger partial charge >= 0.3 is 0 Å². The minimum Gasteiger partial charge on any atom is -0.376 e. The molecule has 0 aliphatic rings. The van der Waals surface area contributed by atoms with Crippen LogP contribution in [0.1, 0.15) is 17.2 Å². The van der Waals surface area contributed by atoms with Gasteiger partial charge in [0.25, 0.3) is 0 Å². The molecule has 0 amide bonds. The molecule has 0 aliphatic heterocycles. The summed E-state index contributed by atoms with van der Waals surface area (Å²) < 4.78 is 0. The number of rotatable bonds is 2. The second-order valence-corrected chi connectivity index (χ2v) is 6.44. The first kappa shape index (κ1) is 17.6. The van der Waals surface area contributed by atoms with Crippen molar-refractivity contribution < 1.29 is 5.11 Å². The Labute approximate surface area is 165 Å². The van der Waals surface area contributed by atoms with Crippen LogP contribution >= 0.6 is 0 Å². The van der Waals surface area contributed by atoms with Gasteiger partial charge in [-0.2, -0.15) is 0 Å². The first-order chi connectivity index (χ1) is 13.8. The second kappa shape index (κ2) is 8.28. The first-order valence-corrected chi connectivity index (χ1v) is 9.14. The Morgan fingerprint density at radius 3 is 2.18 bits per heavy atom. The smallest absolute Gasteiger partial charge is 0.141 e. The van der Waals surface area contributed by atoms with E-state index in [1.54, 1.807) is 0 Å². The molecular formula is C27H18O. The van der Waals surface area contributed by atoms with Crippen molar-refractivity contribution in [3.8, 4) is 34.8 Å². The molecule has 0 bridgehead atoms. The fraction of sp³-hybridized carbons (Fsp3) is 0.0370. The van der Waals surface area contributed by atoms with Crippen molar-refractivity contribution >= 4 is 10.8 Å². The molecule has 0 spiro atoms. The van der Waals surface area contributed by atoms with Gasteiger partial charge in [-0.15, -0.1) is 0 Å². The van der Waals surface area contributed by atoms with E-state index in [4.69, 9.17) is 0 Å². The number of fused-ring (bicyclic) bond motifs is 1. The highest BCUT2D eigenvalue weighted by atomic mass is 16.3. The Balaban J connectivity index is 1.54. The Morgan fingerprint density at radius 1 is 0.643 bits per heavy atom. The molecule has 0 fully saturated rings. The van der Waals surface area contributed by atoms with E-state index in [-0.39, 0.29) is 0 Å². The summed E-state index contributed by atoms with van der Waals surface area (Å²) in [6.07, 6.45) is -0.855. The maximum atomic E-state index is 10.3. The van der Waals surface area contributed by atoms with Crippen molar-refractivity contribution in [2.24, 2.45) is 0 Å². The third kappa shape index (κ3) is 3.97. The number of hydrogen-bond acceptors (Lipinski definition) is 1. The molecular weight excluding hydrogens is 340 g/mol. The second-order valence-electron chi connectivity index (χ2n) is 6.44. The summed E-state index contributed by atoms with van der Waals surface area (Å²) in [4.78, 5) is 0. The van der Waals surface area contributed by atoms with Gasteiger partial charge in [-0.3, -0.25) is 0 Å². The average molecular weight is 358 g/mol. The Bertz CT molecular complexity index is 1210. The number of benzene rings is 4. The van der Waals surface area contributed by atoms with Crippen molar-refractivity contribution in [1.29, 1.82) is 0 Å². The van der Waals surface area contributed by atoms with Gasteiger partial charge in [0.15, 0.2) is 0 Å². The molecule has 1 atom stereocenters. The summed E-state index contributed by atoms with van der Waals surface area (Å²) in [6.45, 7) is 0. The largest absolute Gasteiger partial charge is 0.376 e. The van der Waals surface area contributed by atoms with E-state index in [1.165, 1.54) is 16.3 Å². The summed E-state index contributed by atoms with van der Waals surface area (Å²) in [7, 11) is 0. The van der Waals surface area contributed by atoms with Crippen LogP contribution in [0.25, 0.3) is 21.9 Å². The quantitative estimate of drug-likeness (QED) is 0.463. The molecule has 4 rings (SSSR count). The highest BCUT2D eigenvalue weighted by Crippen LogP contribution is 2.29. The summed E-state index contributed by atoms with van der Waals surface area (Å²) in [5.41, 5.74) is 3.97. The Kier molecular flexibility index (Phi) is 5.21. The summed E-state index contributed by atoms with van der Waals surface area (Å²) in [6, 6.07) is 32.2. The van der Waals surface area contributed by atoms with Crippen molar-refractivity contribution in [2.45, 2.75) is 6.10 Å². The lowest BCUT2D eigenvalue weighted by molar-refractivity contribution is 0.238. The third-order valence-electron chi connectivity index (χ3n) is 4.58. The van der Waals surface area contributed by atoms with Gasteiger partial charge in [0.2, 0.25) is 0 Å². The van der Waals surface area contributed by atoms with Crippen LogP contribution in [0.4, 0.5) is 0 Å². The van der Waals surface area contributed by atoms with Gasteiger partial charge in [0.05, 0.1) is 0 Å². The minimum atomic E-state index is -0.855. The van der Waals surface area contributed by atoms with E-state index in [2.05, 4.69) is 60.1 Å². The maximum absolute atomic E-state index is 10.3. The van der Waals surface area contributed by atoms with E-state index in [0.717, 1.165) is 16.7 Å².